The van der Waals surface area contributed by atoms with Crippen LogP contribution >= 0.6 is 0 Å². The number of piperidine rings is 1. The summed E-state index contributed by atoms with van der Waals surface area (Å²) < 4.78 is 2.41. The molecule has 1 saturated heterocycles. The van der Waals surface area contributed by atoms with Gasteiger partial charge in [-0.15, -0.1) is 0 Å². The first-order valence-electron chi connectivity index (χ1n) is 7.87. The van der Waals surface area contributed by atoms with Crippen molar-refractivity contribution in [2.24, 2.45) is 5.73 Å². The first-order valence-corrected chi connectivity index (χ1v) is 7.87. The molecular formula is C17H25N3. The van der Waals surface area contributed by atoms with E-state index < -0.39 is 0 Å². The average molecular weight is 271 g/mol. The Labute approximate surface area is 121 Å². The number of para-hydroxylation sites is 1. The van der Waals surface area contributed by atoms with E-state index in [2.05, 4.69) is 39.9 Å². The molecule has 3 nitrogen and oxygen atoms in total. The quantitative estimate of drug-likeness (QED) is 0.907. The predicted octanol–water partition coefficient (Wildman–Crippen LogP) is 2.63. The van der Waals surface area contributed by atoms with Crippen molar-refractivity contribution < 1.29 is 0 Å². The van der Waals surface area contributed by atoms with Gasteiger partial charge in [-0.25, -0.2) is 0 Å². The van der Waals surface area contributed by atoms with Gasteiger partial charge in [-0.1, -0.05) is 24.6 Å². The molecule has 1 aromatic heterocycles. The summed E-state index contributed by atoms with van der Waals surface area (Å²) in [6, 6.07) is 8.70. The highest BCUT2D eigenvalue weighted by Gasteiger charge is 2.11. The summed E-state index contributed by atoms with van der Waals surface area (Å²) in [5.41, 5.74) is 8.48. The second-order valence-corrected chi connectivity index (χ2v) is 5.81. The predicted molar refractivity (Wildman–Crippen MR) is 85.0 cm³/mol. The number of rotatable bonds is 5. The standard InChI is InChI=1S/C17H25N3/c18-9-8-15-14-20(17-7-3-2-6-16(15)17)13-12-19-10-4-1-5-11-19/h2-3,6-7,14H,1,4-5,8-13,18H2. The molecule has 2 heterocycles. The van der Waals surface area contributed by atoms with Crippen molar-refractivity contribution in [3.8, 4) is 0 Å². The molecule has 1 fully saturated rings. The van der Waals surface area contributed by atoms with Crippen LogP contribution in [0.3, 0.4) is 0 Å². The largest absolute Gasteiger partial charge is 0.346 e. The van der Waals surface area contributed by atoms with E-state index in [4.69, 9.17) is 5.73 Å². The van der Waals surface area contributed by atoms with Gasteiger partial charge in [0, 0.05) is 30.2 Å². The summed E-state index contributed by atoms with van der Waals surface area (Å²) in [6.07, 6.45) is 7.41. The van der Waals surface area contributed by atoms with Crippen LogP contribution in [0.1, 0.15) is 24.8 Å². The van der Waals surface area contributed by atoms with E-state index in [1.165, 1.54) is 55.4 Å². The van der Waals surface area contributed by atoms with Gasteiger partial charge in [0.15, 0.2) is 0 Å². The summed E-state index contributed by atoms with van der Waals surface area (Å²) in [4.78, 5) is 2.60. The molecule has 0 amide bonds. The van der Waals surface area contributed by atoms with Crippen LogP contribution in [0.2, 0.25) is 0 Å². The maximum absolute atomic E-state index is 5.73. The van der Waals surface area contributed by atoms with Crippen molar-refractivity contribution in [1.29, 1.82) is 0 Å². The molecule has 0 bridgehead atoms. The Morgan fingerprint density at radius 1 is 1.00 bits per heavy atom. The van der Waals surface area contributed by atoms with Gasteiger partial charge < -0.3 is 15.2 Å². The number of nitrogens with two attached hydrogens (primary N) is 1. The first-order chi connectivity index (χ1) is 9.88. The Hall–Kier alpha value is -1.32. The molecular weight excluding hydrogens is 246 g/mol. The van der Waals surface area contributed by atoms with Gasteiger partial charge >= 0.3 is 0 Å². The van der Waals surface area contributed by atoms with Crippen molar-refractivity contribution in [3.05, 3.63) is 36.0 Å². The van der Waals surface area contributed by atoms with Gasteiger partial charge in [-0.2, -0.15) is 0 Å². The third-order valence-electron chi connectivity index (χ3n) is 4.39. The number of hydrogen-bond acceptors (Lipinski definition) is 2. The van der Waals surface area contributed by atoms with Crippen molar-refractivity contribution in [1.82, 2.24) is 9.47 Å². The molecule has 1 aliphatic heterocycles. The highest BCUT2D eigenvalue weighted by molar-refractivity contribution is 5.84. The zero-order valence-corrected chi connectivity index (χ0v) is 12.2. The molecule has 20 heavy (non-hydrogen) atoms. The van der Waals surface area contributed by atoms with E-state index >= 15 is 0 Å². The number of hydrogen-bond donors (Lipinski definition) is 1. The molecule has 0 atom stereocenters. The van der Waals surface area contributed by atoms with Crippen LogP contribution in [0, 0.1) is 0 Å². The first kappa shape index (κ1) is 13.7. The van der Waals surface area contributed by atoms with Gasteiger partial charge in [0.2, 0.25) is 0 Å². The molecule has 108 valence electrons. The second kappa shape index (κ2) is 6.42. The molecule has 0 saturated carbocycles. The van der Waals surface area contributed by atoms with E-state index in [-0.39, 0.29) is 0 Å². The molecule has 1 aromatic carbocycles. The minimum atomic E-state index is 0.722. The molecule has 2 N–H and O–H groups in total. The van der Waals surface area contributed by atoms with E-state index in [0.717, 1.165) is 19.5 Å². The Morgan fingerprint density at radius 2 is 1.80 bits per heavy atom. The van der Waals surface area contributed by atoms with Crippen LogP contribution < -0.4 is 5.73 Å². The number of fused-ring (bicyclic) bond motifs is 1. The molecule has 3 rings (SSSR count). The molecule has 1 aliphatic rings. The zero-order valence-electron chi connectivity index (χ0n) is 12.2. The monoisotopic (exact) mass is 271 g/mol. The smallest absolute Gasteiger partial charge is 0.0483 e. The van der Waals surface area contributed by atoms with E-state index in [9.17, 15) is 0 Å². The van der Waals surface area contributed by atoms with Crippen LogP contribution in [0.4, 0.5) is 0 Å². The highest BCUT2D eigenvalue weighted by Crippen LogP contribution is 2.21. The average Bonchev–Trinajstić information content (AvgIpc) is 2.85. The molecule has 0 radical (unpaired) electrons. The Morgan fingerprint density at radius 3 is 2.60 bits per heavy atom. The Kier molecular flexibility index (Phi) is 4.38. The van der Waals surface area contributed by atoms with Crippen LogP contribution in [-0.2, 0) is 13.0 Å². The summed E-state index contributed by atoms with van der Waals surface area (Å²) >= 11 is 0. The van der Waals surface area contributed by atoms with Gasteiger partial charge in [-0.05, 0) is 50.5 Å². The fourth-order valence-corrected chi connectivity index (χ4v) is 3.29. The maximum Gasteiger partial charge on any atom is 0.0483 e. The third-order valence-corrected chi connectivity index (χ3v) is 4.39. The van der Waals surface area contributed by atoms with Gasteiger partial charge in [0.25, 0.3) is 0 Å². The van der Waals surface area contributed by atoms with Crippen LogP contribution in [0.15, 0.2) is 30.5 Å². The SMILES string of the molecule is NCCc1cn(CCN2CCCCC2)c2ccccc12. The third kappa shape index (κ3) is 2.89. The number of benzene rings is 1. The molecule has 0 aliphatic carbocycles. The lowest BCUT2D eigenvalue weighted by molar-refractivity contribution is 0.221. The molecule has 0 unspecified atom stereocenters. The minimum absolute atomic E-state index is 0.722. The summed E-state index contributed by atoms with van der Waals surface area (Å²) in [5.74, 6) is 0. The molecule has 0 spiro atoms. The Balaban J connectivity index is 1.76. The van der Waals surface area contributed by atoms with Crippen LogP contribution in [0.25, 0.3) is 10.9 Å². The number of likely N-dealkylation sites (tertiary alicyclic amines) is 1. The van der Waals surface area contributed by atoms with Crippen molar-refractivity contribution >= 4 is 10.9 Å². The lowest BCUT2D eigenvalue weighted by Gasteiger charge is -2.26. The van der Waals surface area contributed by atoms with E-state index in [0.29, 0.717) is 0 Å². The van der Waals surface area contributed by atoms with Gasteiger partial charge in [0.1, 0.15) is 0 Å². The fraction of sp³-hybridized carbons (Fsp3) is 0.529. The zero-order chi connectivity index (χ0) is 13.8. The van der Waals surface area contributed by atoms with Crippen molar-refractivity contribution in [2.45, 2.75) is 32.2 Å². The highest BCUT2D eigenvalue weighted by atomic mass is 15.1. The van der Waals surface area contributed by atoms with E-state index in [1.807, 2.05) is 0 Å². The van der Waals surface area contributed by atoms with Gasteiger partial charge in [-0.3, -0.25) is 0 Å². The van der Waals surface area contributed by atoms with Gasteiger partial charge in [0.05, 0.1) is 0 Å². The summed E-state index contributed by atoms with van der Waals surface area (Å²) in [6.45, 7) is 5.52. The topological polar surface area (TPSA) is 34.2 Å². The number of aromatic nitrogens is 1. The van der Waals surface area contributed by atoms with Crippen LogP contribution in [-0.4, -0.2) is 35.6 Å². The summed E-state index contributed by atoms with van der Waals surface area (Å²) in [7, 11) is 0. The molecule has 2 aromatic rings. The lowest BCUT2D eigenvalue weighted by Crippen LogP contribution is -2.32. The number of nitrogens with zero attached hydrogens (tertiary/aromatic N) is 2. The minimum Gasteiger partial charge on any atom is -0.346 e. The Bertz CT molecular complexity index is 552. The van der Waals surface area contributed by atoms with Crippen molar-refractivity contribution in [2.75, 3.05) is 26.2 Å². The lowest BCUT2D eigenvalue weighted by atomic mass is 10.1. The molecule has 3 heteroatoms. The van der Waals surface area contributed by atoms with Crippen molar-refractivity contribution in [3.63, 3.8) is 0 Å². The van der Waals surface area contributed by atoms with Crippen LogP contribution in [0.5, 0.6) is 0 Å². The second-order valence-electron chi connectivity index (χ2n) is 5.81. The normalized spacial score (nSPS) is 16.9. The summed E-state index contributed by atoms with van der Waals surface area (Å²) in [5, 5.41) is 1.37. The maximum atomic E-state index is 5.73. The fourth-order valence-electron chi connectivity index (χ4n) is 3.29. The van der Waals surface area contributed by atoms with E-state index in [1.54, 1.807) is 0 Å².